The average molecular weight is 286 g/mol. The molecule has 1 saturated carbocycles. The summed E-state index contributed by atoms with van der Waals surface area (Å²) < 4.78 is 0. The normalized spacial score (nSPS) is 29.7. The van der Waals surface area contributed by atoms with Gasteiger partial charge in [0.05, 0.1) is 5.37 Å². The number of carbonyl (C=O) groups is 2. The zero-order valence-corrected chi connectivity index (χ0v) is 12.1. The molecule has 0 aromatic heterocycles. The van der Waals surface area contributed by atoms with E-state index >= 15 is 0 Å². The zero-order chi connectivity index (χ0) is 14.0. The molecule has 108 valence electrons. The Morgan fingerprint density at radius 2 is 2.05 bits per heavy atom. The number of nitrogens with zero attached hydrogens (tertiary/aromatic N) is 1. The fourth-order valence-corrected chi connectivity index (χ4v) is 4.42. The van der Waals surface area contributed by atoms with Gasteiger partial charge in [-0.15, -0.1) is 11.8 Å². The van der Waals surface area contributed by atoms with Gasteiger partial charge in [0.2, 0.25) is 5.91 Å². The van der Waals surface area contributed by atoms with Gasteiger partial charge in [0.25, 0.3) is 0 Å². The third kappa shape index (κ3) is 3.05. The number of hydrogen-bond donors (Lipinski definition) is 2. The third-order valence-corrected chi connectivity index (χ3v) is 5.57. The molecule has 6 heteroatoms. The molecule has 0 bridgehead atoms. The summed E-state index contributed by atoms with van der Waals surface area (Å²) >= 11 is 1.56. The Hall–Kier alpha value is -0.750. The Balaban J connectivity index is 2.08. The molecule has 0 aromatic carbocycles. The first-order valence-electron chi connectivity index (χ1n) is 6.91. The van der Waals surface area contributed by atoms with Gasteiger partial charge in [0, 0.05) is 17.7 Å². The van der Waals surface area contributed by atoms with Crippen LogP contribution in [0.15, 0.2) is 0 Å². The lowest BCUT2D eigenvalue weighted by atomic mass is 9.93. The van der Waals surface area contributed by atoms with Crippen molar-refractivity contribution in [3.8, 4) is 0 Å². The highest BCUT2D eigenvalue weighted by molar-refractivity contribution is 8.00. The van der Waals surface area contributed by atoms with Gasteiger partial charge in [-0.05, 0) is 19.3 Å². The monoisotopic (exact) mass is 286 g/mol. The van der Waals surface area contributed by atoms with E-state index < -0.39 is 17.6 Å². The second kappa shape index (κ2) is 5.71. The van der Waals surface area contributed by atoms with E-state index in [9.17, 15) is 14.7 Å². The van der Waals surface area contributed by atoms with Gasteiger partial charge >= 0.3 is 5.97 Å². The fourth-order valence-electron chi connectivity index (χ4n) is 3.05. The van der Waals surface area contributed by atoms with Crippen LogP contribution in [0, 0.1) is 0 Å². The molecule has 0 aromatic rings. The van der Waals surface area contributed by atoms with Crippen LogP contribution in [0.2, 0.25) is 0 Å². The lowest BCUT2D eigenvalue weighted by Gasteiger charge is -2.31. The molecule has 0 radical (unpaired) electrons. The van der Waals surface area contributed by atoms with Crippen molar-refractivity contribution in [1.29, 1.82) is 0 Å². The highest BCUT2D eigenvalue weighted by Gasteiger charge is 2.43. The second-order valence-electron chi connectivity index (χ2n) is 5.60. The quantitative estimate of drug-likeness (QED) is 0.816. The topological polar surface area (TPSA) is 83.6 Å². The van der Waals surface area contributed by atoms with Gasteiger partial charge in [-0.1, -0.05) is 19.8 Å². The van der Waals surface area contributed by atoms with Gasteiger partial charge < -0.3 is 15.7 Å². The number of aliphatic carboxylic acids is 1. The average Bonchev–Trinajstić information content (AvgIpc) is 2.94. The lowest BCUT2D eigenvalue weighted by molar-refractivity contribution is -0.149. The van der Waals surface area contributed by atoms with Gasteiger partial charge in [-0.2, -0.15) is 0 Å². The summed E-state index contributed by atoms with van der Waals surface area (Å²) in [5.41, 5.74) is 5.82. The molecule has 3 N–H and O–H groups in total. The van der Waals surface area contributed by atoms with Crippen molar-refractivity contribution in [1.82, 2.24) is 4.90 Å². The Morgan fingerprint density at radius 3 is 2.58 bits per heavy atom. The maximum absolute atomic E-state index is 12.5. The van der Waals surface area contributed by atoms with Crippen molar-refractivity contribution in [2.75, 3.05) is 5.75 Å². The largest absolute Gasteiger partial charge is 0.480 e. The minimum absolute atomic E-state index is 0.0152. The Bertz CT molecular complexity index is 369. The van der Waals surface area contributed by atoms with Gasteiger partial charge in [0.15, 0.2) is 0 Å². The molecule has 0 spiro atoms. The maximum Gasteiger partial charge on any atom is 0.327 e. The number of thioether (sulfide) groups is 1. The van der Waals surface area contributed by atoms with Crippen molar-refractivity contribution < 1.29 is 14.7 Å². The number of amides is 1. The summed E-state index contributed by atoms with van der Waals surface area (Å²) in [7, 11) is 0. The lowest BCUT2D eigenvalue weighted by Crippen LogP contribution is -2.49. The highest BCUT2D eigenvalue weighted by atomic mass is 32.2. The summed E-state index contributed by atoms with van der Waals surface area (Å²) in [6.07, 6.45) is 4.93. The van der Waals surface area contributed by atoms with Crippen LogP contribution in [0.25, 0.3) is 0 Å². The first-order chi connectivity index (χ1) is 8.97. The molecule has 2 atom stereocenters. The van der Waals surface area contributed by atoms with Gasteiger partial charge in [-0.3, -0.25) is 4.79 Å². The van der Waals surface area contributed by atoms with E-state index in [2.05, 4.69) is 0 Å². The first kappa shape index (κ1) is 14.7. The Labute approximate surface area is 117 Å². The molecular weight excluding hydrogens is 264 g/mol. The summed E-state index contributed by atoms with van der Waals surface area (Å²) in [5.74, 6) is -0.514. The molecule has 5 nitrogen and oxygen atoms in total. The molecule has 1 amide bonds. The van der Waals surface area contributed by atoms with Gasteiger partial charge in [-0.25, -0.2) is 4.79 Å². The Kier molecular flexibility index (Phi) is 4.40. The van der Waals surface area contributed by atoms with Gasteiger partial charge in [0.1, 0.15) is 6.04 Å². The van der Waals surface area contributed by atoms with E-state index in [4.69, 9.17) is 5.73 Å². The van der Waals surface area contributed by atoms with Crippen LogP contribution in [-0.4, -0.2) is 44.6 Å². The summed E-state index contributed by atoms with van der Waals surface area (Å²) in [4.78, 5) is 25.3. The number of carboxylic acids is 1. The van der Waals surface area contributed by atoms with Crippen molar-refractivity contribution in [2.45, 2.75) is 62.4 Å². The predicted octanol–water partition coefficient (Wildman–Crippen LogP) is 1.41. The molecule has 2 unspecified atom stereocenters. The molecule has 1 heterocycles. The zero-order valence-electron chi connectivity index (χ0n) is 11.3. The number of nitrogens with two attached hydrogens (primary N) is 1. The summed E-state index contributed by atoms with van der Waals surface area (Å²) in [6.45, 7) is 1.98. The van der Waals surface area contributed by atoms with Crippen LogP contribution in [-0.2, 0) is 9.59 Å². The van der Waals surface area contributed by atoms with E-state index in [0.29, 0.717) is 5.75 Å². The van der Waals surface area contributed by atoms with E-state index in [0.717, 1.165) is 32.1 Å². The van der Waals surface area contributed by atoms with E-state index in [-0.39, 0.29) is 17.7 Å². The molecule has 2 aliphatic rings. The molecular formula is C13H22N2O3S. The van der Waals surface area contributed by atoms with E-state index in [1.165, 1.54) is 0 Å². The summed E-state index contributed by atoms with van der Waals surface area (Å²) in [5, 5.41) is 9.22. The van der Waals surface area contributed by atoms with Crippen molar-refractivity contribution in [3.63, 3.8) is 0 Å². The molecule has 1 aliphatic carbocycles. The third-order valence-electron chi connectivity index (χ3n) is 4.12. The predicted molar refractivity (Wildman–Crippen MR) is 74.8 cm³/mol. The molecule has 1 saturated heterocycles. The van der Waals surface area contributed by atoms with E-state index in [1.807, 2.05) is 6.92 Å². The fraction of sp³-hybridized carbons (Fsp3) is 0.846. The number of carboxylic acid groups (broad SMARTS) is 1. The van der Waals surface area contributed by atoms with Crippen LogP contribution in [0.5, 0.6) is 0 Å². The number of hydrogen-bond acceptors (Lipinski definition) is 4. The molecule has 19 heavy (non-hydrogen) atoms. The van der Waals surface area contributed by atoms with Crippen molar-refractivity contribution in [3.05, 3.63) is 0 Å². The summed E-state index contributed by atoms with van der Waals surface area (Å²) in [6, 6.07) is -0.688. The smallest absolute Gasteiger partial charge is 0.327 e. The number of rotatable bonds is 4. The molecule has 1 aliphatic heterocycles. The number of carbonyl (C=O) groups excluding carboxylic acids is 1. The SMILES string of the molecule is CCC1SCC(C(=O)O)N1C(=O)CC1(N)CCCC1. The van der Waals surface area contributed by atoms with Crippen LogP contribution in [0.1, 0.15) is 45.4 Å². The Morgan fingerprint density at radius 1 is 1.42 bits per heavy atom. The van der Waals surface area contributed by atoms with Crippen LogP contribution in [0.3, 0.4) is 0 Å². The molecule has 2 fully saturated rings. The van der Waals surface area contributed by atoms with Crippen molar-refractivity contribution in [2.24, 2.45) is 5.73 Å². The highest BCUT2D eigenvalue weighted by Crippen LogP contribution is 2.35. The standard InChI is InChI=1S/C13H22N2O3S/c1-2-11-15(9(8-19-11)12(17)18)10(16)7-13(14)5-3-4-6-13/h9,11H,2-8,14H2,1H3,(H,17,18). The van der Waals surface area contributed by atoms with E-state index in [1.54, 1.807) is 16.7 Å². The first-order valence-corrected chi connectivity index (χ1v) is 7.96. The minimum Gasteiger partial charge on any atom is -0.480 e. The maximum atomic E-state index is 12.5. The van der Waals surface area contributed by atoms with Crippen molar-refractivity contribution >= 4 is 23.6 Å². The second-order valence-corrected chi connectivity index (χ2v) is 6.81. The van der Waals surface area contributed by atoms with Crippen LogP contribution in [0.4, 0.5) is 0 Å². The minimum atomic E-state index is -0.908. The molecule has 2 rings (SSSR count). The van der Waals surface area contributed by atoms with Crippen LogP contribution < -0.4 is 5.73 Å². The van der Waals surface area contributed by atoms with Crippen LogP contribution >= 0.6 is 11.8 Å².